The predicted octanol–water partition coefficient (Wildman–Crippen LogP) is 4.94. The average molecular weight is 436 g/mol. The molecule has 2 saturated carbocycles. The van der Waals surface area contributed by atoms with Crippen LogP contribution in [-0.2, 0) is 25.4 Å². The largest absolute Gasteiger partial charge is 0.416 e. The molecule has 7 heteroatoms. The van der Waals surface area contributed by atoms with E-state index < -0.39 is 40.3 Å². The van der Waals surface area contributed by atoms with Crippen LogP contribution < -0.4 is 0 Å². The molecule has 0 unspecified atom stereocenters. The lowest BCUT2D eigenvalue weighted by atomic mass is 9.59. The Morgan fingerprint density at radius 1 is 0.710 bits per heavy atom. The Kier molecular flexibility index (Phi) is 5.78. The summed E-state index contributed by atoms with van der Waals surface area (Å²) in [6.45, 7) is 7.19. The summed E-state index contributed by atoms with van der Waals surface area (Å²) in [4.78, 5) is 52.1. The highest BCUT2D eigenvalue weighted by molar-refractivity contribution is 6.11. The van der Waals surface area contributed by atoms with E-state index in [1.165, 1.54) is 12.1 Å². The molecule has 0 aromatic heterocycles. The third kappa shape index (κ3) is 4.80. The highest BCUT2D eigenvalue weighted by atomic mass is 19.4. The summed E-state index contributed by atoms with van der Waals surface area (Å²) >= 11 is 0. The Morgan fingerprint density at radius 3 is 1.32 bits per heavy atom. The first-order valence-corrected chi connectivity index (χ1v) is 10.4. The number of hydrogen-bond donors (Lipinski definition) is 0. The van der Waals surface area contributed by atoms with Crippen molar-refractivity contribution in [3.63, 3.8) is 0 Å². The van der Waals surface area contributed by atoms with Crippen LogP contribution in [0.15, 0.2) is 24.3 Å². The van der Waals surface area contributed by atoms with Crippen LogP contribution in [0.5, 0.6) is 0 Å². The fourth-order valence-corrected chi connectivity index (χ4v) is 5.08. The van der Waals surface area contributed by atoms with Gasteiger partial charge in [0.25, 0.3) is 0 Å². The Hall–Kier alpha value is -2.31. The van der Waals surface area contributed by atoms with Crippen LogP contribution >= 0.6 is 0 Å². The summed E-state index contributed by atoms with van der Waals surface area (Å²) in [7, 11) is 0. The van der Waals surface area contributed by atoms with Gasteiger partial charge in [-0.25, -0.2) is 0 Å². The minimum atomic E-state index is -4.55. The highest BCUT2D eigenvalue weighted by Crippen LogP contribution is 2.47. The van der Waals surface area contributed by atoms with Crippen molar-refractivity contribution in [2.45, 2.75) is 65.5 Å². The molecule has 0 aliphatic heterocycles. The van der Waals surface area contributed by atoms with Gasteiger partial charge < -0.3 is 0 Å². The number of hydrogen-bond acceptors (Lipinski definition) is 4. The molecule has 2 aliphatic rings. The van der Waals surface area contributed by atoms with Gasteiger partial charge in [0.2, 0.25) is 0 Å². The van der Waals surface area contributed by atoms with E-state index in [1.54, 1.807) is 27.7 Å². The van der Waals surface area contributed by atoms with Crippen molar-refractivity contribution in [2.75, 3.05) is 0 Å². The number of halogens is 3. The number of Topliss-reactive ketones (excluding diaryl/α,β-unsaturated/α-hetero) is 4. The summed E-state index contributed by atoms with van der Waals surface area (Å²) in [6.07, 6.45) is -4.10. The van der Waals surface area contributed by atoms with Crippen molar-refractivity contribution in [3.05, 3.63) is 35.4 Å². The minimum absolute atomic E-state index is 0.112. The summed E-state index contributed by atoms with van der Waals surface area (Å²) in [5, 5.41) is 0. The van der Waals surface area contributed by atoms with Gasteiger partial charge in [-0.05, 0) is 28.5 Å². The SMILES string of the molecule is CC1(C)CC(=O)C(C(c2ccc(C(F)(F)F)cc2)C2C(=O)CC(C)(C)CC2=O)C(=O)C1. The van der Waals surface area contributed by atoms with E-state index in [0.717, 1.165) is 12.1 Å². The van der Waals surface area contributed by atoms with Crippen LogP contribution in [0.3, 0.4) is 0 Å². The lowest BCUT2D eigenvalue weighted by Gasteiger charge is -2.41. The molecular weight excluding hydrogens is 409 g/mol. The monoisotopic (exact) mass is 436 g/mol. The Bertz CT molecular complexity index is 837. The number of carbonyl (C=O) groups is 4. The number of benzene rings is 1. The maximum Gasteiger partial charge on any atom is 0.416 e. The summed E-state index contributed by atoms with van der Waals surface area (Å²) in [5.74, 6) is -4.94. The summed E-state index contributed by atoms with van der Waals surface area (Å²) < 4.78 is 39.1. The van der Waals surface area contributed by atoms with Gasteiger partial charge in [-0.3, -0.25) is 19.2 Å². The number of rotatable bonds is 3. The average Bonchev–Trinajstić information content (AvgIpc) is 2.56. The fraction of sp³-hybridized carbons (Fsp3) is 0.583. The maximum atomic E-state index is 13.0. The molecule has 0 heterocycles. The number of carbonyl (C=O) groups excluding carboxylic acids is 4. The lowest BCUT2D eigenvalue weighted by Crippen LogP contribution is -2.48. The van der Waals surface area contributed by atoms with Gasteiger partial charge in [0.05, 0.1) is 17.4 Å². The fourth-order valence-electron chi connectivity index (χ4n) is 5.08. The first-order valence-electron chi connectivity index (χ1n) is 10.4. The zero-order valence-electron chi connectivity index (χ0n) is 18.1. The van der Waals surface area contributed by atoms with Gasteiger partial charge in [-0.1, -0.05) is 39.8 Å². The smallest absolute Gasteiger partial charge is 0.299 e. The zero-order valence-corrected chi connectivity index (χ0v) is 18.1. The maximum absolute atomic E-state index is 13.0. The van der Waals surface area contributed by atoms with E-state index in [4.69, 9.17) is 0 Å². The van der Waals surface area contributed by atoms with Crippen LogP contribution in [0.25, 0.3) is 0 Å². The third-order valence-corrected chi connectivity index (χ3v) is 6.34. The van der Waals surface area contributed by atoms with E-state index >= 15 is 0 Å². The molecule has 0 spiro atoms. The van der Waals surface area contributed by atoms with Crippen molar-refractivity contribution < 1.29 is 32.3 Å². The molecule has 3 rings (SSSR count). The van der Waals surface area contributed by atoms with Crippen molar-refractivity contribution >= 4 is 23.1 Å². The number of alkyl halides is 3. The molecule has 4 nitrogen and oxygen atoms in total. The van der Waals surface area contributed by atoms with Gasteiger partial charge in [0, 0.05) is 31.6 Å². The second-order valence-corrected chi connectivity index (χ2v) is 10.5. The van der Waals surface area contributed by atoms with Crippen LogP contribution in [-0.4, -0.2) is 23.1 Å². The van der Waals surface area contributed by atoms with Crippen LogP contribution in [0.4, 0.5) is 13.2 Å². The van der Waals surface area contributed by atoms with E-state index in [1.807, 2.05) is 0 Å². The molecule has 1 aromatic carbocycles. The third-order valence-electron chi connectivity index (χ3n) is 6.34. The normalized spacial score (nSPS) is 23.0. The number of ketones is 4. The summed E-state index contributed by atoms with van der Waals surface area (Å²) in [5.41, 5.74) is -1.69. The van der Waals surface area contributed by atoms with Crippen LogP contribution in [0.1, 0.15) is 70.4 Å². The molecular formula is C24H27F3O4. The van der Waals surface area contributed by atoms with Crippen molar-refractivity contribution in [1.29, 1.82) is 0 Å². The molecule has 168 valence electrons. The van der Waals surface area contributed by atoms with E-state index in [2.05, 4.69) is 0 Å². The van der Waals surface area contributed by atoms with Gasteiger partial charge in [-0.15, -0.1) is 0 Å². The topological polar surface area (TPSA) is 68.3 Å². The lowest BCUT2D eigenvalue weighted by molar-refractivity contribution is -0.146. The molecule has 0 radical (unpaired) electrons. The molecule has 0 saturated heterocycles. The van der Waals surface area contributed by atoms with E-state index in [-0.39, 0.29) is 54.4 Å². The molecule has 0 atom stereocenters. The molecule has 0 bridgehead atoms. The molecule has 0 amide bonds. The molecule has 2 fully saturated rings. The van der Waals surface area contributed by atoms with Crippen molar-refractivity contribution in [1.82, 2.24) is 0 Å². The second-order valence-electron chi connectivity index (χ2n) is 10.5. The Balaban J connectivity index is 2.09. The first-order chi connectivity index (χ1) is 14.1. The molecule has 0 N–H and O–H groups in total. The zero-order chi connectivity index (χ0) is 23.4. The molecule has 1 aromatic rings. The van der Waals surface area contributed by atoms with Crippen molar-refractivity contribution in [2.24, 2.45) is 22.7 Å². The van der Waals surface area contributed by atoms with Gasteiger partial charge in [0.1, 0.15) is 23.1 Å². The van der Waals surface area contributed by atoms with Crippen LogP contribution in [0, 0.1) is 22.7 Å². The first kappa shape index (κ1) is 23.4. The molecule has 31 heavy (non-hydrogen) atoms. The second kappa shape index (κ2) is 7.68. The Morgan fingerprint density at radius 2 is 1.03 bits per heavy atom. The van der Waals surface area contributed by atoms with Gasteiger partial charge >= 0.3 is 6.18 Å². The van der Waals surface area contributed by atoms with Crippen LogP contribution in [0.2, 0.25) is 0 Å². The van der Waals surface area contributed by atoms with Crippen molar-refractivity contribution in [3.8, 4) is 0 Å². The summed E-state index contributed by atoms with van der Waals surface area (Å²) in [6, 6.07) is 4.11. The van der Waals surface area contributed by atoms with E-state index in [0.29, 0.717) is 0 Å². The van der Waals surface area contributed by atoms with E-state index in [9.17, 15) is 32.3 Å². The predicted molar refractivity (Wildman–Crippen MR) is 107 cm³/mol. The standard InChI is InChI=1S/C24H27F3O4/c1-22(2)9-15(28)20(16(29)10-22)19(13-5-7-14(8-6-13)24(25,26)27)21-17(30)11-23(3,4)12-18(21)31/h5-8,19-21H,9-12H2,1-4H3. The van der Waals surface area contributed by atoms with Gasteiger partial charge in [0.15, 0.2) is 0 Å². The highest BCUT2D eigenvalue weighted by Gasteiger charge is 2.52. The minimum Gasteiger partial charge on any atom is -0.299 e. The molecule has 2 aliphatic carbocycles. The quantitative estimate of drug-likeness (QED) is 0.630. The van der Waals surface area contributed by atoms with Gasteiger partial charge in [-0.2, -0.15) is 13.2 Å². The Labute approximate surface area is 179 Å².